The molecule has 0 aliphatic rings. The number of fused-ring (bicyclic) bond motifs is 2. The van der Waals surface area contributed by atoms with Crippen LogP contribution >= 0.6 is 0 Å². The SMILES string of the molecule is CC(C)CN(CC(C)C)c1ccc(/C=N/NC(=O)Cn2c3ccccc3c(=O)c3ccccc32)cc1[N+](=O)[O-]. The summed E-state index contributed by atoms with van der Waals surface area (Å²) in [6, 6.07) is 19.3. The summed E-state index contributed by atoms with van der Waals surface area (Å²) in [6.45, 7) is 9.69. The first kappa shape index (κ1) is 27.5. The lowest BCUT2D eigenvalue weighted by Gasteiger charge is -2.28. The van der Waals surface area contributed by atoms with Crippen LogP contribution in [0.25, 0.3) is 21.8 Å². The largest absolute Gasteiger partial charge is 0.365 e. The fraction of sp³-hybridized carbons (Fsp3) is 0.300. The van der Waals surface area contributed by atoms with Crippen LogP contribution in [0.15, 0.2) is 76.6 Å². The van der Waals surface area contributed by atoms with Gasteiger partial charge in [-0.1, -0.05) is 58.0 Å². The van der Waals surface area contributed by atoms with E-state index < -0.39 is 5.91 Å². The number of nitro benzene ring substituents is 1. The normalized spacial score (nSPS) is 11.6. The zero-order chi connectivity index (χ0) is 28.1. The quantitative estimate of drug-likeness (QED) is 0.130. The molecule has 1 aromatic heterocycles. The standard InChI is InChI=1S/C30H33N5O4/c1-20(2)17-33(18-21(3)4)27-14-13-22(15-28(27)35(38)39)16-31-32-29(36)19-34-25-11-7-5-9-23(25)30(37)24-10-6-8-12-26(24)34/h5-16,20-21H,17-19H2,1-4H3,(H,32,36)/b31-16+. The highest BCUT2D eigenvalue weighted by atomic mass is 16.6. The smallest absolute Gasteiger partial charge is 0.293 e. The summed E-state index contributed by atoms with van der Waals surface area (Å²) in [5.74, 6) is 0.296. The van der Waals surface area contributed by atoms with E-state index in [9.17, 15) is 19.7 Å². The Labute approximate surface area is 226 Å². The second-order valence-corrected chi connectivity index (χ2v) is 10.4. The van der Waals surface area contributed by atoms with Gasteiger partial charge in [-0.05, 0) is 42.2 Å². The van der Waals surface area contributed by atoms with Crippen LogP contribution in [0.4, 0.5) is 11.4 Å². The number of aromatic nitrogens is 1. The van der Waals surface area contributed by atoms with E-state index >= 15 is 0 Å². The van der Waals surface area contributed by atoms with Gasteiger partial charge in [-0.25, -0.2) is 5.43 Å². The third kappa shape index (κ3) is 6.31. The van der Waals surface area contributed by atoms with Gasteiger partial charge in [0.05, 0.1) is 22.2 Å². The number of para-hydroxylation sites is 2. The zero-order valence-electron chi connectivity index (χ0n) is 22.6. The second-order valence-electron chi connectivity index (χ2n) is 10.4. The van der Waals surface area contributed by atoms with E-state index in [0.29, 0.717) is 58.0 Å². The monoisotopic (exact) mass is 527 g/mol. The number of hydrogen-bond donors (Lipinski definition) is 1. The van der Waals surface area contributed by atoms with Crippen molar-refractivity contribution in [2.45, 2.75) is 34.2 Å². The fourth-order valence-electron chi connectivity index (χ4n) is 4.79. The van der Waals surface area contributed by atoms with Crippen LogP contribution in [0, 0.1) is 22.0 Å². The Balaban J connectivity index is 1.56. The van der Waals surface area contributed by atoms with Crippen molar-refractivity contribution in [1.29, 1.82) is 0 Å². The number of anilines is 1. The van der Waals surface area contributed by atoms with Gasteiger partial charge in [0.25, 0.3) is 11.6 Å². The van der Waals surface area contributed by atoms with Crippen molar-refractivity contribution in [3.63, 3.8) is 0 Å². The van der Waals surface area contributed by atoms with E-state index in [-0.39, 0.29) is 22.6 Å². The number of pyridine rings is 1. The number of hydrazone groups is 1. The molecule has 0 unspecified atom stereocenters. The number of amides is 1. The second kappa shape index (κ2) is 11.9. The number of carbonyl (C=O) groups is 1. The van der Waals surface area contributed by atoms with E-state index in [2.05, 4.69) is 43.1 Å². The Kier molecular flexibility index (Phi) is 8.39. The van der Waals surface area contributed by atoms with Crippen molar-refractivity contribution >= 4 is 45.3 Å². The highest BCUT2D eigenvalue weighted by Crippen LogP contribution is 2.30. The molecule has 0 aliphatic carbocycles. The van der Waals surface area contributed by atoms with Gasteiger partial charge in [0, 0.05) is 35.5 Å². The Morgan fingerprint density at radius 3 is 2.08 bits per heavy atom. The van der Waals surface area contributed by atoms with E-state index in [0.717, 1.165) is 0 Å². The molecule has 0 aliphatic heterocycles. The van der Waals surface area contributed by atoms with Gasteiger partial charge in [0.15, 0.2) is 5.43 Å². The van der Waals surface area contributed by atoms with Crippen LogP contribution in [0.2, 0.25) is 0 Å². The summed E-state index contributed by atoms with van der Waals surface area (Å²) in [6.07, 6.45) is 1.39. The topological polar surface area (TPSA) is 110 Å². The molecule has 1 N–H and O–H groups in total. The Morgan fingerprint density at radius 2 is 1.54 bits per heavy atom. The van der Waals surface area contributed by atoms with Crippen LogP contribution < -0.4 is 15.8 Å². The fourth-order valence-corrected chi connectivity index (χ4v) is 4.79. The summed E-state index contributed by atoms with van der Waals surface area (Å²) in [5.41, 5.74) is 4.80. The number of benzene rings is 3. The summed E-state index contributed by atoms with van der Waals surface area (Å²) in [7, 11) is 0. The predicted octanol–water partition coefficient (Wildman–Crippen LogP) is 5.33. The van der Waals surface area contributed by atoms with E-state index in [1.807, 2.05) is 24.3 Å². The first-order valence-corrected chi connectivity index (χ1v) is 13.0. The number of carbonyl (C=O) groups excluding carboxylic acids is 1. The zero-order valence-corrected chi connectivity index (χ0v) is 22.6. The van der Waals surface area contributed by atoms with Crippen molar-refractivity contribution in [1.82, 2.24) is 9.99 Å². The lowest BCUT2D eigenvalue weighted by Crippen LogP contribution is -2.31. The molecule has 4 aromatic rings. The van der Waals surface area contributed by atoms with Gasteiger partial charge in [-0.15, -0.1) is 0 Å². The lowest BCUT2D eigenvalue weighted by molar-refractivity contribution is -0.384. The van der Waals surface area contributed by atoms with Crippen molar-refractivity contribution in [3.8, 4) is 0 Å². The van der Waals surface area contributed by atoms with Crippen LogP contribution in [0.3, 0.4) is 0 Å². The van der Waals surface area contributed by atoms with E-state index in [1.165, 1.54) is 12.3 Å². The molecule has 0 saturated carbocycles. The first-order chi connectivity index (χ1) is 18.7. The minimum Gasteiger partial charge on any atom is -0.365 e. The maximum atomic E-state index is 12.9. The van der Waals surface area contributed by atoms with E-state index in [4.69, 9.17) is 0 Å². The molecule has 0 saturated heterocycles. The highest BCUT2D eigenvalue weighted by Gasteiger charge is 2.21. The molecule has 0 fully saturated rings. The molecular weight excluding hydrogens is 494 g/mol. The van der Waals surface area contributed by atoms with Gasteiger partial charge in [0.2, 0.25) is 0 Å². The highest BCUT2D eigenvalue weighted by molar-refractivity contribution is 5.95. The van der Waals surface area contributed by atoms with Gasteiger partial charge in [-0.2, -0.15) is 5.10 Å². The summed E-state index contributed by atoms with van der Waals surface area (Å²) < 4.78 is 1.79. The number of nitrogens with one attached hydrogen (secondary N) is 1. The summed E-state index contributed by atoms with van der Waals surface area (Å²) in [4.78, 5) is 39.4. The molecule has 0 spiro atoms. The molecule has 39 heavy (non-hydrogen) atoms. The third-order valence-electron chi connectivity index (χ3n) is 6.29. The number of hydrogen-bond acceptors (Lipinski definition) is 6. The number of nitrogens with zero attached hydrogens (tertiary/aromatic N) is 4. The molecule has 9 nitrogen and oxygen atoms in total. The van der Waals surface area contributed by atoms with Crippen molar-refractivity contribution < 1.29 is 9.72 Å². The van der Waals surface area contributed by atoms with E-state index in [1.54, 1.807) is 41.0 Å². The maximum Gasteiger partial charge on any atom is 0.293 e. The third-order valence-corrected chi connectivity index (χ3v) is 6.29. The molecule has 0 bridgehead atoms. The Bertz CT molecular complexity index is 1540. The molecule has 0 atom stereocenters. The van der Waals surface area contributed by atoms with Crippen molar-refractivity contribution in [2.24, 2.45) is 16.9 Å². The minimum atomic E-state index is -0.392. The van der Waals surface area contributed by atoms with Crippen LogP contribution in [0.1, 0.15) is 33.3 Å². The number of nitro groups is 1. The molecular formula is C30H33N5O4. The predicted molar refractivity (Wildman–Crippen MR) is 156 cm³/mol. The Hall–Kier alpha value is -4.53. The molecule has 3 aromatic carbocycles. The average molecular weight is 528 g/mol. The first-order valence-electron chi connectivity index (χ1n) is 13.0. The van der Waals surface area contributed by atoms with Gasteiger partial charge in [0.1, 0.15) is 12.2 Å². The van der Waals surface area contributed by atoms with Crippen LogP contribution in [-0.2, 0) is 11.3 Å². The molecule has 202 valence electrons. The summed E-state index contributed by atoms with van der Waals surface area (Å²) in [5, 5.41) is 17.0. The summed E-state index contributed by atoms with van der Waals surface area (Å²) >= 11 is 0. The molecule has 1 heterocycles. The van der Waals surface area contributed by atoms with Gasteiger partial charge < -0.3 is 9.47 Å². The molecule has 9 heteroatoms. The van der Waals surface area contributed by atoms with Crippen molar-refractivity contribution in [2.75, 3.05) is 18.0 Å². The van der Waals surface area contributed by atoms with Crippen molar-refractivity contribution in [3.05, 3.63) is 92.6 Å². The molecule has 4 rings (SSSR count). The lowest BCUT2D eigenvalue weighted by atomic mass is 10.1. The van der Waals surface area contributed by atoms with Gasteiger partial charge >= 0.3 is 0 Å². The van der Waals surface area contributed by atoms with Gasteiger partial charge in [-0.3, -0.25) is 19.7 Å². The maximum absolute atomic E-state index is 12.9. The minimum absolute atomic E-state index is 0.00206. The van der Waals surface area contributed by atoms with Crippen LogP contribution in [0.5, 0.6) is 0 Å². The molecule has 0 radical (unpaired) electrons. The molecule has 1 amide bonds. The van der Waals surface area contributed by atoms with Crippen LogP contribution in [-0.4, -0.2) is 34.7 Å². The Morgan fingerprint density at radius 1 is 0.974 bits per heavy atom. The average Bonchev–Trinajstić information content (AvgIpc) is 2.90. The number of rotatable bonds is 10.